The number of ether oxygens (including phenoxy) is 1. The second-order valence-corrected chi connectivity index (χ2v) is 4.34. The highest BCUT2D eigenvalue weighted by Gasteiger charge is 2.14. The Labute approximate surface area is 115 Å². The van der Waals surface area contributed by atoms with E-state index in [-0.39, 0.29) is 11.5 Å². The lowest BCUT2D eigenvalue weighted by atomic mass is 10.1. The zero-order valence-electron chi connectivity index (χ0n) is 9.83. The van der Waals surface area contributed by atoms with Gasteiger partial charge in [0.25, 0.3) is 0 Å². The molecule has 1 rings (SSSR count). The number of benzene rings is 1. The highest BCUT2D eigenvalue weighted by Crippen LogP contribution is 2.21. The summed E-state index contributed by atoms with van der Waals surface area (Å²) in [5.41, 5.74) is 0.607. The minimum Gasteiger partial charge on any atom is -0.465 e. The first-order valence-corrected chi connectivity index (χ1v) is 6.23. The average molecular weight is 290 g/mol. The van der Waals surface area contributed by atoms with Crippen molar-refractivity contribution in [2.24, 2.45) is 0 Å². The topological polar surface area (TPSA) is 55.4 Å². The number of amides is 1. The summed E-state index contributed by atoms with van der Waals surface area (Å²) in [6.07, 6.45) is 0.876. The van der Waals surface area contributed by atoms with Gasteiger partial charge in [-0.2, -0.15) is 0 Å². The zero-order chi connectivity index (χ0) is 13.5. The van der Waals surface area contributed by atoms with Crippen molar-refractivity contribution in [1.82, 2.24) is 0 Å². The van der Waals surface area contributed by atoms with Crippen LogP contribution in [0.3, 0.4) is 0 Å². The van der Waals surface area contributed by atoms with Crippen LogP contribution in [0, 0.1) is 0 Å². The molecule has 1 aromatic carbocycles. The van der Waals surface area contributed by atoms with E-state index >= 15 is 0 Å². The van der Waals surface area contributed by atoms with Crippen molar-refractivity contribution in [2.75, 3.05) is 18.3 Å². The number of esters is 1. The molecule has 4 nitrogen and oxygen atoms in total. The summed E-state index contributed by atoms with van der Waals surface area (Å²) in [6, 6.07) is 4.60. The second kappa shape index (κ2) is 7.24. The molecule has 0 aliphatic rings. The van der Waals surface area contributed by atoms with Gasteiger partial charge in [0.05, 0.1) is 18.4 Å². The van der Waals surface area contributed by atoms with Crippen LogP contribution in [-0.2, 0) is 9.53 Å². The van der Waals surface area contributed by atoms with Gasteiger partial charge in [-0.3, -0.25) is 4.79 Å². The van der Waals surface area contributed by atoms with Gasteiger partial charge in [-0.15, -0.1) is 11.6 Å². The Kier molecular flexibility index (Phi) is 5.95. The van der Waals surface area contributed by atoms with Crippen molar-refractivity contribution in [3.8, 4) is 0 Å². The molecule has 0 aromatic heterocycles. The van der Waals surface area contributed by atoms with Gasteiger partial charge in [0.2, 0.25) is 5.91 Å². The third kappa shape index (κ3) is 4.20. The van der Waals surface area contributed by atoms with Crippen LogP contribution in [0.25, 0.3) is 0 Å². The minimum atomic E-state index is -0.551. The first kappa shape index (κ1) is 14.8. The summed E-state index contributed by atoms with van der Waals surface area (Å²) in [4.78, 5) is 23.1. The molecule has 1 aromatic rings. The van der Waals surface area contributed by atoms with Crippen LogP contribution in [0.2, 0.25) is 5.02 Å². The molecule has 0 atom stereocenters. The Hall–Kier alpha value is -1.26. The zero-order valence-corrected chi connectivity index (χ0v) is 11.3. The van der Waals surface area contributed by atoms with Crippen molar-refractivity contribution >= 4 is 40.8 Å². The smallest absolute Gasteiger partial charge is 0.340 e. The van der Waals surface area contributed by atoms with E-state index in [2.05, 4.69) is 10.1 Å². The lowest BCUT2D eigenvalue weighted by Gasteiger charge is -2.09. The van der Waals surface area contributed by atoms with Gasteiger partial charge in [-0.05, 0) is 24.6 Å². The third-order valence-corrected chi connectivity index (χ3v) is 2.70. The highest BCUT2D eigenvalue weighted by atomic mass is 35.5. The van der Waals surface area contributed by atoms with Gasteiger partial charge in [-0.25, -0.2) is 4.79 Å². The van der Waals surface area contributed by atoms with Gasteiger partial charge < -0.3 is 10.1 Å². The predicted molar refractivity (Wildman–Crippen MR) is 71.4 cm³/mol. The fraction of sp³-hybridized carbons (Fsp3) is 0.333. The summed E-state index contributed by atoms with van der Waals surface area (Å²) >= 11 is 11.3. The van der Waals surface area contributed by atoms with E-state index in [9.17, 15) is 9.59 Å². The van der Waals surface area contributed by atoms with Gasteiger partial charge in [0.15, 0.2) is 0 Å². The number of hydrogen-bond donors (Lipinski definition) is 1. The van der Waals surface area contributed by atoms with Gasteiger partial charge >= 0.3 is 5.97 Å². The van der Waals surface area contributed by atoms with E-state index in [0.29, 0.717) is 29.4 Å². The Morgan fingerprint density at radius 1 is 1.39 bits per heavy atom. The van der Waals surface area contributed by atoms with E-state index in [1.807, 2.05) is 0 Å². The molecule has 0 radical (unpaired) electrons. The molecule has 18 heavy (non-hydrogen) atoms. The van der Waals surface area contributed by atoms with Gasteiger partial charge in [0, 0.05) is 17.3 Å². The van der Waals surface area contributed by atoms with Crippen LogP contribution >= 0.6 is 23.2 Å². The lowest BCUT2D eigenvalue weighted by molar-refractivity contribution is -0.116. The number of carbonyl (C=O) groups excluding carboxylic acids is 2. The van der Waals surface area contributed by atoms with E-state index in [1.165, 1.54) is 13.2 Å². The predicted octanol–water partition coefficient (Wildman–Crippen LogP) is 3.08. The standard InChI is InChI=1S/C12H13Cl2NO3/c1-18-12(17)9-7-8(14)4-5-10(9)15-11(16)3-2-6-13/h4-5,7H,2-3,6H2,1H3,(H,15,16). The molecular weight excluding hydrogens is 277 g/mol. The fourth-order valence-electron chi connectivity index (χ4n) is 1.34. The first-order chi connectivity index (χ1) is 8.58. The first-order valence-electron chi connectivity index (χ1n) is 5.32. The Balaban J connectivity index is 2.87. The molecule has 0 saturated heterocycles. The van der Waals surface area contributed by atoms with E-state index in [4.69, 9.17) is 23.2 Å². The lowest BCUT2D eigenvalue weighted by Crippen LogP contribution is -2.15. The number of methoxy groups -OCH3 is 1. The monoisotopic (exact) mass is 289 g/mol. The normalized spacial score (nSPS) is 9.94. The maximum atomic E-state index is 11.6. The maximum Gasteiger partial charge on any atom is 0.340 e. The molecule has 0 bridgehead atoms. The van der Waals surface area contributed by atoms with Gasteiger partial charge in [-0.1, -0.05) is 11.6 Å². The van der Waals surface area contributed by atoms with E-state index in [1.54, 1.807) is 12.1 Å². The molecule has 98 valence electrons. The second-order valence-electron chi connectivity index (χ2n) is 3.52. The molecule has 0 heterocycles. The number of carbonyl (C=O) groups is 2. The van der Waals surface area contributed by atoms with Gasteiger partial charge in [0.1, 0.15) is 0 Å². The molecule has 0 aliphatic heterocycles. The molecule has 0 saturated carbocycles. The van der Waals surface area contributed by atoms with E-state index in [0.717, 1.165) is 0 Å². The Bertz CT molecular complexity index is 449. The Morgan fingerprint density at radius 3 is 2.72 bits per heavy atom. The number of anilines is 1. The largest absolute Gasteiger partial charge is 0.465 e. The van der Waals surface area contributed by atoms with Crippen LogP contribution in [0.1, 0.15) is 23.2 Å². The minimum absolute atomic E-state index is 0.205. The van der Waals surface area contributed by atoms with Crippen molar-refractivity contribution in [2.45, 2.75) is 12.8 Å². The molecule has 6 heteroatoms. The summed E-state index contributed by atoms with van der Waals surface area (Å²) in [5, 5.41) is 3.03. The molecular formula is C12H13Cl2NO3. The molecule has 0 unspecified atom stereocenters. The third-order valence-electron chi connectivity index (χ3n) is 2.20. The van der Waals surface area contributed by atoms with Crippen molar-refractivity contribution < 1.29 is 14.3 Å². The summed E-state index contributed by atoms with van der Waals surface area (Å²) in [5.74, 6) is -0.342. The van der Waals surface area contributed by atoms with Crippen LogP contribution in [0.15, 0.2) is 18.2 Å². The number of nitrogens with one attached hydrogen (secondary N) is 1. The molecule has 0 spiro atoms. The molecule has 1 N–H and O–H groups in total. The summed E-state index contributed by atoms with van der Waals surface area (Å²) in [7, 11) is 1.27. The number of hydrogen-bond acceptors (Lipinski definition) is 3. The highest BCUT2D eigenvalue weighted by molar-refractivity contribution is 6.31. The van der Waals surface area contributed by atoms with Crippen molar-refractivity contribution in [1.29, 1.82) is 0 Å². The summed E-state index contributed by atoms with van der Waals surface area (Å²) in [6.45, 7) is 0. The van der Waals surface area contributed by atoms with Crippen LogP contribution in [0.4, 0.5) is 5.69 Å². The van der Waals surface area contributed by atoms with Crippen molar-refractivity contribution in [3.05, 3.63) is 28.8 Å². The fourth-order valence-corrected chi connectivity index (χ4v) is 1.65. The number of rotatable bonds is 5. The Morgan fingerprint density at radius 2 is 2.11 bits per heavy atom. The molecule has 1 amide bonds. The summed E-state index contributed by atoms with van der Waals surface area (Å²) < 4.78 is 4.62. The number of halogens is 2. The van der Waals surface area contributed by atoms with Crippen LogP contribution in [-0.4, -0.2) is 24.9 Å². The van der Waals surface area contributed by atoms with Crippen LogP contribution < -0.4 is 5.32 Å². The maximum absolute atomic E-state index is 11.6. The SMILES string of the molecule is COC(=O)c1cc(Cl)ccc1NC(=O)CCCCl. The molecule has 0 aliphatic carbocycles. The molecule has 0 fully saturated rings. The quantitative estimate of drug-likeness (QED) is 0.669. The van der Waals surface area contributed by atoms with E-state index < -0.39 is 5.97 Å². The van der Waals surface area contributed by atoms with Crippen molar-refractivity contribution in [3.63, 3.8) is 0 Å². The van der Waals surface area contributed by atoms with Crippen LogP contribution in [0.5, 0.6) is 0 Å². The number of alkyl halides is 1. The average Bonchev–Trinajstić information content (AvgIpc) is 2.37.